The predicted molar refractivity (Wildman–Crippen MR) is 248 cm³/mol. The molecule has 6 aromatic rings. The number of aliphatic imine (C=N–C) groups is 1. The molecule has 2 fully saturated rings. The van der Waals surface area contributed by atoms with E-state index < -0.39 is 19.8 Å². The summed E-state index contributed by atoms with van der Waals surface area (Å²) in [6, 6.07) is 21.9. The van der Waals surface area contributed by atoms with Crippen molar-refractivity contribution in [3.63, 3.8) is 0 Å². The van der Waals surface area contributed by atoms with Gasteiger partial charge in [-0.05, 0) is 25.0 Å². The van der Waals surface area contributed by atoms with Gasteiger partial charge in [0.1, 0.15) is 12.3 Å². The molecule has 6 heterocycles. The number of nitrogens with one attached hydrogen (secondary N) is 2. The van der Waals surface area contributed by atoms with E-state index in [1.54, 1.807) is 6.92 Å². The summed E-state index contributed by atoms with van der Waals surface area (Å²) in [6.45, 7) is 7.39. The molecule has 0 saturated carbocycles. The summed E-state index contributed by atoms with van der Waals surface area (Å²) in [6.07, 6.45) is 10.8. The average Bonchev–Trinajstić information content (AvgIpc) is 3.58. The van der Waals surface area contributed by atoms with Crippen LogP contribution in [0, 0.1) is 6.92 Å². The van der Waals surface area contributed by atoms with Gasteiger partial charge in [0.15, 0.2) is 0 Å². The average molecular weight is 905 g/mol. The molecule has 0 radical (unpaired) electrons. The number of nitrogens with zero attached hydrogens (tertiary/aromatic N) is 7. The van der Waals surface area contributed by atoms with E-state index in [-0.39, 0.29) is 5.91 Å². The van der Waals surface area contributed by atoms with Gasteiger partial charge in [-0.15, -0.1) is 0 Å². The number of aromatic nitrogens is 5. The van der Waals surface area contributed by atoms with Gasteiger partial charge >= 0.3 is 245 Å². The van der Waals surface area contributed by atoms with Crippen LogP contribution in [0.25, 0.3) is 32.9 Å². The zero-order valence-electron chi connectivity index (χ0n) is 34.2. The molecular weight excluding hydrogens is 851 g/mol. The third kappa shape index (κ3) is 8.44. The molecule has 306 valence electrons. The van der Waals surface area contributed by atoms with Crippen LogP contribution in [-0.4, -0.2) is 75.5 Å². The Bertz CT molecular complexity index is 2520. The minimum atomic E-state index is -1.02. The molecule has 3 aromatic heterocycles. The van der Waals surface area contributed by atoms with E-state index in [1.165, 1.54) is 56.7 Å². The van der Waals surface area contributed by atoms with Gasteiger partial charge in [-0.3, -0.25) is 4.79 Å². The first kappa shape index (κ1) is 39.2. The molecule has 0 atom stereocenters. The summed E-state index contributed by atoms with van der Waals surface area (Å²) in [7, 11) is 2.05. The fraction of sp³-hybridized carbons (Fsp3) is 0.391. The van der Waals surface area contributed by atoms with E-state index in [4.69, 9.17) is 20.6 Å². The van der Waals surface area contributed by atoms with Crippen LogP contribution < -0.4 is 26.0 Å². The number of amidine groups is 1. The summed E-state index contributed by atoms with van der Waals surface area (Å²) in [5.74, 6) is 2.05. The Kier molecular flexibility index (Phi) is 11.4. The van der Waals surface area contributed by atoms with E-state index in [0.29, 0.717) is 43.0 Å². The van der Waals surface area contributed by atoms with Crippen molar-refractivity contribution < 1.29 is 9.53 Å². The zero-order valence-corrected chi connectivity index (χ0v) is 36.3. The van der Waals surface area contributed by atoms with Gasteiger partial charge in [0.2, 0.25) is 5.88 Å². The molecule has 0 unspecified atom stereocenters. The van der Waals surface area contributed by atoms with Crippen molar-refractivity contribution in [2.75, 3.05) is 50.6 Å². The first-order valence-corrected chi connectivity index (χ1v) is 25.2. The van der Waals surface area contributed by atoms with Crippen LogP contribution in [0.3, 0.4) is 0 Å². The van der Waals surface area contributed by atoms with E-state index in [9.17, 15) is 4.79 Å². The van der Waals surface area contributed by atoms with Crippen LogP contribution in [0.2, 0.25) is 0 Å². The second-order valence-electron chi connectivity index (χ2n) is 16.0. The van der Waals surface area contributed by atoms with Gasteiger partial charge in [-0.25, -0.2) is 9.98 Å². The molecule has 1 amide bonds. The van der Waals surface area contributed by atoms with Crippen molar-refractivity contribution in [3.8, 4) is 17.0 Å². The standard InChI is InChI=1S/C46H53IN10O2/c1-29-38(28-50-45-43(29)49-22-25-59-45)33-10-11-34-27-51-46(54-40(34)26-33)53-36-14-12-31(13-15-36)32-16-20-47(21-17-32)35-18-23-57(24-19-35)41-8-4-6-37-39(55-56(3)44(37)41)7-5-9-42(58)52-30(2)48/h4,6,8,10-15,26-28,32,35,49H,5,7,9,16-25H2,1-3H3,(H2,48,52,58)(H,51,53,54). The number of piperidine rings is 1. The van der Waals surface area contributed by atoms with Crippen molar-refractivity contribution in [3.05, 3.63) is 89.9 Å². The second-order valence-corrected chi connectivity index (χ2v) is 22.8. The van der Waals surface area contributed by atoms with Crippen LogP contribution in [0.4, 0.5) is 23.0 Å². The van der Waals surface area contributed by atoms with Crippen molar-refractivity contribution in [2.45, 2.75) is 68.6 Å². The number of ether oxygens (including phenoxy) is 1. The van der Waals surface area contributed by atoms with Gasteiger partial charge in [-0.1, -0.05) is 12.1 Å². The molecule has 3 aliphatic heterocycles. The molecular formula is C46H53IN10O2. The number of benzene rings is 3. The minimum absolute atomic E-state index is 0.165. The number of anilines is 4. The van der Waals surface area contributed by atoms with Crippen molar-refractivity contribution in [1.29, 1.82) is 0 Å². The van der Waals surface area contributed by atoms with Crippen molar-refractivity contribution in [1.82, 2.24) is 24.7 Å². The number of hydrogen-bond donors (Lipinski definition) is 3. The summed E-state index contributed by atoms with van der Waals surface area (Å²) in [4.78, 5) is 32.6. The van der Waals surface area contributed by atoms with Crippen LogP contribution in [0.5, 0.6) is 5.88 Å². The molecule has 59 heavy (non-hydrogen) atoms. The van der Waals surface area contributed by atoms with Crippen LogP contribution in [0.1, 0.15) is 68.2 Å². The van der Waals surface area contributed by atoms with Gasteiger partial charge in [0.05, 0.1) is 5.84 Å². The van der Waals surface area contributed by atoms with Crippen LogP contribution in [0.15, 0.2) is 78.0 Å². The predicted octanol–water partition coefficient (Wildman–Crippen LogP) is 8.71. The first-order valence-electron chi connectivity index (χ1n) is 20.9. The molecule has 12 nitrogen and oxygen atoms in total. The molecule has 4 N–H and O–H groups in total. The maximum absolute atomic E-state index is 12.0. The number of nitrogens with two attached hydrogens (primary N) is 1. The molecule has 3 aliphatic rings. The van der Waals surface area contributed by atoms with Crippen LogP contribution in [-0.2, 0) is 18.3 Å². The number of alkyl halides is 3. The number of pyridine rings is 1. The van der Waals surface area contributed by atoms with E-state index in [2.05, 4.69) is 98.1 Å². The summed E-state index contributed by atoms with van der Waals surface area (Å²) in [5, 5.41) is 14.0. The molecule has 0 bridgehead atoms. The zero-order chi connectivity index (χ0) is 40.5. The van der Waals surface area contributed by atoms with Gasteiger partial charge in [-0.2, -0.15) is 0 Å². The van der Waals surface area contributed by atoms with Gasteiger partial charge < -0.3 is 15.8 Å². The number of halogens is 1. The number of amides is 1. The quantitative estimate of drug-likeness (QED) is 0.0528. The van der Waals surface area contributed by atoms with E-state index >= 15 is 0 Å². The van der Waals surface area contributed by atoms with Gasteiger partial charge in [0, 0.05) is 18.3 Å². The molecule has 0 spiro atoms. The van der Waals surface area contributed by atoms with E-state index in [1.807, 2.05) is 24.1 Å². The number of aryl methyl sites for hydroxylation is 2. The summed E-state index contributed by atoms with van der Waals surface area (Å²) in [5.41, 5.74) is 16.7. The number of rotatable bonds is 10. The Morgan fingerprint density at radius 3 is 2.64 bits per heavy atom. The van der Waals surface area contributed by atoms with Crippen LogP contribution >= 0.6 is 19.8 Å². The first-order chi connectivity index (χ1) is 28.8. The van der Waals surface area contributed by atoms with E-state index in [0.717, 1.165) is 74.6 Å². The third-order valence-electron chi connectivity index (χ3n) is 12.1. The number of para-hydroxylation sites is 1. The monoisotopic (exact) mass is 904 g/mol. The van der Waals surface area contributed by atoms with Gasteiger partial charge in [0.25, 0.3) is 0 Å². The number of fused-ring (bicyclic) bond motifs is 3. The fourth-order valence-corrected chi connectivity index (χ4v) is 16.8. The van der Waals surface area contributed by atoms with Crippen molar-refractivity contribution >= 4 is 76.4 Å². The maximum atomic E-state index is 12.0. The molecule has 9 rings (SSSR count). The number of hydrogen-bond acceptors (Lipinski definition) is 9. The Labute approximate surface area is 352 Å². The molecule has 3 aromatic carbocycles. The van der Waals surface area contributed by atoms with Crippen molar-refractivity contribution in [2.24, 2.45) is 17.8 Å². The number of carbonyl (C=O) groups is 1. The fourth-order valence-electron chi connectivity index (χ4n) is 9.04. The molecule has 13 heteroatoms. The normalized spacial score (nSPS) is 17.2. The summed E-state index contributed by atoms with van der Waals surface area (Å²) >= 11 is -1.02. The Morgan fingerprint density at radius 1 is 1.03 bits per heavy atom. The Hall–Kier alpha value is -5.31. The molecule has 2 saturated heterocycles. The second kappa shape index (κ2) is 17.1. The topological polar surface area (TPSA) is 148 Å². The third-order valence-corrected chi connectivity index (χ3v) is 19.9. The number of carbonyl (C=O) groups excluding carboxylic acids is 1. The SMILES string of the molecule is CC(N)=NC(=O)CCCc1nn(C)c2c(N3CCC(I4CCC(c5ccc(Nc6ncc7ccc(-c8cnc9c(c8C)NCCO9)cc7n6)cc5)CC4)CC3)cccc12. The Morgan fingerprint density at radius 2 is 1.85 bits per heavy atom. The Balaban J connectivity index is 0.778. The summed E-state index contributed by atoms with van der Waals surface area (Å²) < 4.78 is 11.6. The molecule has 0 aliphatic carbocycles.